The van der Waals surface area contributed by atoms with Crippen LogP contribution in [-0.4, -0.2) is 50.8 Å². The summed E-state index contributed by atoms with van der Waals surface area (Å²) < 4.78 is 6.83. The van der Waals surface area contributed by atoms with Crippen molar-refractivity contribution in [2.45, 2.75) is 38.4 Å². The molecule has 1 atom stereocenters. The standard InChI is InChI=1S/C22H27N5O2/c1-25(15-17-11-12-29-24-17)18-9-10-20-19(13-18)21(23-27(20)3)22(28)26(2)14-16-7-5-4-6-8-16/h4-8,11-12,18H,9-10,13-15H2,1-3H3. The summed E-state index contributed by atoms with van der Waals surface area (Å²) in [5, 5.41) is 8.62. The van der Waals surface area contributed by atoms with E-state index in [1.54, 1.807) is 11.2 Å². The average Bonchev–Trinajstić information content (AvgIpc) is 3.35. The highest BCUT2D eigenvalue weighted by atomic mass is 16.5. The van der Waals surface area contributed by atoms with Gasteiger partial charge in [-0.05, 0) is 31.9 Å². The molecule has 0 fully saturated rings. The Kier molecular flexibility index (Phi) is 5.49. The van der Waals surface area contributed by atoms with Crippen LogP contribution in [-0.2, 0) is 33.0 Å². The molecule has 0 saturated carbocycles. The summed E-state index contributed by atoms with van der Waals surface area (Å²) in [4.78, 5) is 17.2. The van der Waals surface area contributed by atoms with Crippen LogP contribution in [0.2, 0.25) is 0 Å². The van der Waals surface area contributed by atoms with Crippen LogP contribution < -0.4 is 0 Å². The van der Waals surface area contributed by atoms with Gasteiger partial charge in [0.15, 0.2) is 5.69 Å². The summed E-state index contributed by atoms with van der Waals surface area (Å²) in [6, 6.07) is 12.3. The summed E-state index contributed by atoms with van der Waals surface area (Å²) >= 11 is 0. The molecule has 0 saturated heterocycles. The third-order valence-corrected chi connectivity index (χ3v) is 5.77. The first kappa shape index (κ1) is 19.4. The van der Waals surface area contributed by atoms with Gasteiger partial charge in [0.25, 0.3) is 5.91 Å². The number of carbonyl (C=O) groups excluding carboxylic acids is 1. The highest BCUT2D eigenvalue weighted by Crippen LogP contribution is 2.28. The van der Waals surface area contributed by atoms with Crippen LogP contribution in [0.4, 0.5) is 0 Å². The molecule has 29 heavy (non-hydrogen) atoms. The van der Waals surface area contributed by atoms with Crippen LogP contribution in [0.5, 0.6) is 0 Å². The molecule has 7 heteroatoms. The van der Waals surface area contributed by atoms with Gasteiger partial charge in [0, 0.05) is 50.6 Å². The second kappa shape index (κ2) is 8.21. The zero-order chi connectivity index (χ0) is 20.4. The molecule has 0 N–H and O–H groups in total. The molecule has 0 bridgehead atoms. The van der Waals surface area contributed by atoms with Gasteiger partial charge in [-0.15, -0.1) is 0 Å². The van der Waals surface area contributed by atoms with Gasteiger partial charge in [0.2, 0.25) is 0 Å². The zero-order valence-electron chi connectivity index (χ0n) is 17.2. The summed E-state index contributed by atoms with van der Waals surface area (Å²) in [5.41, 5.74) is 4.87. The molecule has 1 aliphatic rings. The number of fused-ring (bicyclic) bond motifs is 1. The van der Waals surface area contributed by atoms with Crippen molar-refractivity contribution in [3.8, 4) is 0 Å². The number of amides is 1. The number of likely N-dealkylation sites (N-methyl/N-ethyl adjacent to an activating group) is 1. The van der Waals surface area contributed by atoms with E-state index in [0.29, 0.717) is 18.3 Å². The third-order valence-electron chi connectivity index (χ3n) is 5.77. The number of nitrogens with zero attached hydrogens (tertiary/aromatic N) is 5. The lowest BCUT2D eigenvalue weighted by Gasteiger charge is -2.31. The van der Waals surface area contributed by atoms with Crippen molar-refractivity contribution in [3.05, 3.63) is 70.9 Å². The van der Waals surface area contributed by atoms with E-state index in [0.717, 1.165) is 42.6 Å². The molecular formula is C22H27N5O2. The predicted octanol–water partition coefficient (Wildman–Crippen LogP) is 2.67. The molecule has 1 aliphatic carbocycles. The van der Waals surface area contributed by atoms with E-state index >= 15 is 0 Å². The maximum absolute atomic E-state index is 13.2. The van der Waals surface area contributed by atoms with Gasteiger partial charge in [-0.25, -0.2) is 0 Å². The van der Waals surface area contributed by atoms with Crippen molar-refractivity contribution in [1.82, 2.24) is 24.7 Å². The fraction of sp³-hybridized carbons (Fsp3) is 0.409. The molecule has 0 spiro atoms. The Balaban J connectivity index is 1.51. The van der Waals surface area contributed by atoms with Gasteiger partial charge in [0.1, 0.15) is 6.26 Å². The smallest absolute Gasteiger partial charge is 0.274 e. The lowest BCUT2D eigenvalue weighted by atomic mass is 9.90. The highest BCUT2D eigenvalue weighted by molar-refractivity contribution is 5.94. The van der Waals surface area contributed by atoms with Crippen LogP contribution in [0.1, 0.15) is 39.4 Å². The van der Waals surface area contributed by atoms with Crippen LogP contribution in [0.15, 0.2) is 47.2 Å². The van der Waals surface area contributed by atoms with E-state index in [4.69, 9.17) is 4.52 Å². The molecule has 1 amide bonds. The first-order chi connectivity index (χ1) is 14.0. The number of hydrogen-bond donors (Lipinski definition) is 0. The van der Waals surface area contributed by atoms with Crippen molar-refractivity contribution < 1.29 is 9.32 Å². The van der Waals surface area contributed by atoms with Crippen molar-refractivity contribution in [2.75, 3.05) is 14.1 Å². The van der Waals surface area contributed by atoms with Gasteiger partial charge >= 0.3 is 0 Å². The van der Waals surface area contributed by atoms with E-state index in [-0.39, 0.29) is 5.91 Å². The maximum atomic E-state index is 13.2. The monoisotopic (exact) mass is 393 g/mol. The minimum absolute atomic E-state index is 0.0227. The summed E-state index contributed by atoms with van der Waals surface area (Å²) in [6.45, 7) is 1.30. The normalized spacial score (nSPS) is 16.1. The minimum atomic E-state index is -0.0227. The quantitative estimate of drug-likeness (QED) is 0.644. The largest absolute Gasteiger partial charge is 0.364 e. The van der Waals surface area contributed by atoms with Gasteiger partial charge in [0.05, 0.1) is 5.69 Å². The first-order valence-corrected chi connectivity index (χ1v) is 9.96. The molecule has 2 heterocycles. The first-order valence-electron chi connectivity index (χ1n) is 9.96. The van der Waals surface area contributed by atoms with Gasteiger partial charge < -0.3 is 9.42 Å². The molecule has 3 aromatic rings. The predicted molar refractivity (Wildman–Crippen MR) is 109 cm³/mol. The SMILES string of the molecule is CN(Cc1ccccc1)C(=O)c1nn(C)c2c1CC(N(C)Cc1ccon1)CC2. The van der Waals surface area contributed by atoms with E-state index in [9.17, 15) is 4.79 Å². The summed E-state index contributed by atoms with van der Waals surface area (Å²) in [6.07, 6.45) is 4.37. The average molecular weight is 393 g/mol. The molecule has 1 aromatic carbocycles. The second-order valence-corrected chi connectivity index (χ2v) is 7.85. The Morgan fingerprint density at radius 1 is 1.21 bits per heavy atom. The summed E-state index contributed by atoms with van der Waals surface area (Å²) in [5.74, 6) is -0.0227. The van der Waals surface area contributed by atoms with Crippen LogP contribution in [0.3, 0.4) is 0 Å². The topological polar surface area (TPSA) is 67.4 Å². The number of aryl methyl sites for hydroxylation is 1. The fourth-order valence-corrected chi connectivity index (χ4v) is 4.13. The molecule has 1 unspecified atom stereocenters. The van der Waals surface area contributed by atoms with E-state index in [1.165, 1.54) is 5.69 Å². The summed E-state index contributed by atoms with van der Waals surface area (Å²) in [7, 11) is 5.88. The zero-order valence-corrected chi connectivity index (χ0v) is 17.2. The minimum Gasteiger partial charge on any atom is -0.364 e. The number of rotatable bonds is 6. The van der Waals surface area contributed by atoms with Crippen LogP contribution in [0, 0.1) is 0 Å². The van der Waals surface area contributed by atoms with Crippen molar-refractivity contribution in [2.24, 2.45) is 7.05 Å². The molecule has 152 valence electrons. The van der Waals surface area contributed by atoms with Gasteiger partial charge in [-0.1, -0.05) is 35.5 Å². The van der Waals surface area contributed by atoms with E-state index in [2.05, 4.69) is 22.2 Å². The second-order valence-electron chi connectivity index (χ2n) is 7.85. The highest BCUT2D eigenvalue weighted by Gasteiger charge is 2.31. The van der Waals surface area contributed by atoms with Crippen molar-refractivity contribution in [1.29, 1.82) is 0 Å². The Morgan fingerprint density at radius 2 is 2.00 bits per heavy atom. The molecule has 0 radical (unpaired) electrons. The van der Waals surface area contributed by atoms with Crippen LogP contribution >= 0.6 is 0 Å². The Morgan fingerprint density at radius 3 is 2.72 bits per heavy atom. The number of aromatic nitrogens is 3. The lowest BCUT2D eigenvalue weighted by molar-refractivity contribution is 0.0776. The van der Waals surface area contributed by atoms with Crippen LogP contribution in [0.25, 0.3) is 0 Å². The lowest BCUT2D eigenvalue weighted by Crippen LogP contribution is -2.37. The molecular weight excluding hydrogens is 366 g/mol. The van der Waals surface area contributed by atoms with E-state index in [1.807, 2.05) is 55.2 Å². The van der Waals surface area contributed by atoms with Crippen molar-refractivity contribution >= 4 is 5.91 Å². The molecule has 4 rings (SSSR count). The molecule has 2 aromatic heterocycles. The number of carbonyl (C=O) groups is 1. The number of benzene rings is 1. The van der Waals surface area contributed by atoms with Crippen molar-refractivity contribution in [3.63, 3.8) is 0 Å². The maximum Gasteiger partial charge on any atom is 0.274 e. The van der Waals surface area contributed by atoms with E-state index < -0.39 is 0 Å². The fourth-order valence-electron chi connectivity index (χ4n) is 4.13. The Bertz CT molecular complexity index is 965. The van der Waals surface area contributed by atoms with Gasteiger partial charge in [-0.3, -0.25) is 14.4 Å². The number of hydrogen-bond acceptors (Lipinski definition) is 5. The Hall–Kier alpha value is -2.93. The molecule has 0 aliphatic heterocycles. The Labute approximate surface area is 170 Å². The third kappa shape index (κ3) is 4.10. The van der Waals surface area contributed by atoms with Gasteiger partial charge in [-0.2, -0.15) is 5.10 Å². The molecule has 7 nitrogen and oxygen atoms in total.